The monoisotopic (exact) mass is 304 g/mol. The average molecular weight is 305 g/mol. The summed E-state index contributed by atoms with van der Waals surface area (Å²) in [5, 5.41) is 3.08. The molecule has 0 aromatic rings. The van der Waals surface area contributed by atoms with Gasteiger partial charge in [0.1, 0.15) is 0 Å². The molecule has 1 atom stereocenters. The summed E-state index contributed by atoms with van der Waals surface area (Å²) in [5.74, 6) is 0.459. The van der Waals surface area contributed by atoms with Crippen molar-refractivity contribution in [3.05, 3.63) is 0 Å². The number of hydrogen-bond donors (Lipinski definition) is 1. The lowest BCUT2D eigenvalue weighted by Crippen LogP contribution is -2.45. The van der Waals surface area contributed by atoms with E-state index in [0.29, 0.717) is 5.92 Å². The van der Waals surface area contributed by atoms with Gasteiger partial charge >= 0.3 is 0 Å². The highest BCUT2D eigenvalue weighted by Gasteiger charge is 2.30. The van der Waals surface area contributed by atoms with Gasteiger partial charge in [-0.15, -0.1) is 0 Å². The van der Waals surface area contributed by atoms with Crippen LogP contribution in [0.1, 0.15) is 33.6 Å². The lowest BCUT2D eigenvalue weighted by molar-refractivity contribution is -0.121. The number of carbonyl (C=O) groups is 1. The number of hydrogen-bond acceptors (Lipinski definition) is 2. The molecule has 100 valence electrons. The molecular formula is C13H25BrN2O. The molecule has 17 heavy (non-hydrogen) atoms. The maximum absolute atomic E-state index is 11.9. The molecule has 1 saturated heterocycles. The molecule has 1 heterocycles. The Morgan fingerprint density at radius 3 is 2.41 bits per heavy atom. The summed E-state index contributed by atoms with van der Waals surface area (Å²) in [6.07, 6.45) is 2.33. The summed E-state index contributed by atoms with van der Waals surface area (Å²) in [7, 11) is 2.16. The highest BCUT2D eigenvalue weighted by atomic mass is 79.9. The zero-order chi connectivity index (χ0) is 13.1. The Bertz CT molecular complexity index is 260. The minimum absolute atomic E-state index is 0.0719. The van der Waals surface area contributed by atoms with E-state index in [4.69, 9.17) is 0 Å². The van der Waals surface area contributed by atoms with E-state index in [0.717, 1.165) is 19.6 Å². The van der Waals surface area contributed by atoms with E-state index in [9.17, 15) is 4.79 Å². The molecule has 4 heteroatoms. The van der Waals surface area contributed by atoms with E-state index in [2.05, 4.69) is 54.0 Å². The molecule has 0 aliphatic carbocycles. The van der Waals surface area contributed by atoms with E-state index in [1.807, 2.05) is 0 Å². The molecule has 1 aliphatic heterocycles. The fourth-order valence-corrected chi connectivity index (χ4v) is 2.20. The van der Waals surface area contributed by atoms with Gasteiger partial charge in [-0.05, 0) is 44.3 Å². The number of rotatable bonds is 4. The van der Waals surface area contributed by atoms with Gasteiger partial charge < -0.3 is 10.2 Å². The van der Waals surface area contributed by atoms with Crippen molar-refractivity contribution in [2.45, 2.75) is 38.4 Å². The van der Waals surface area contributed by atoms with Gasteiger partial charge in [-0.2, -0.15) is 0 Å². The van der Waals surface area contributed by atoms with Crippen LogP contribution in [0.25, 0.3) is 0 Å². The molecule has 0 aromatic carbocycles. The summed E-state index contributed by atoms with van der Waals surface area (Å²) >= 11 is 3.44. The average Bonchev–Trinajstić information content (AvgIpc) is 2.29. The zero-order valence-electron chi connectivity index (χ0n) is 11.4. The molecule has 1 fully saturated rings. The van der Waals surface area contributed by atoms with Crippen molar-refractivity contribution in [1.82, 2.24) is 10.2 Å². The minimum Gasteiger partial charge on any atom is -0.355 e. The molecule has 3 nitrogen and oxygen atoms in total. The van der Waals surface area contributed by atoms with Crippen LogP contribution in [0.3, 0.4) is 0 Å². The first-order chi connectivity index (χ1) is 7.84. The normalized spacial score (nSPS) is 22.5. The number of piperidine rings is 1. The number of nitrogens with one attached hydrogen (secondary N) is 1. The SMILES string of the molecule is CC(C)C(Br)C(=O)NCC1(C)CCN(C)CC1. The summed E-state index contributed by atoms with van der Waals surface area (Å²) in [4.78, 5) is 14.1. The van der Waals surface area contributed by atoms with E-state index in [-0.39, 0.29) is 16.1 Å². The lowest BCUT2D eigenvalue weighted by atomic mass is 9.80. The standard InChI is InChI=1S/C13H25BrN2O/c1-10(2)11(14)12(17)15-9-13(3)5-7-16(4)8-6-13/h10-11H,5-9H2,1-4H3,(H,15,17). The summed E-state index contributed by atoms with van der Waals surface area (Å²) in [6.45, 7) is 9.45. The second kappa shape index (κ2) is 6.19. The third-order valence-corrected chi connectivity index (χ3v) is 5.19. The van der Waals surface area contributed by atoms with Crippen LogP contribution in [0.2, 0.25) is 0 Å². The number of halogens is 1. The largest absolute Gasteiger partial charge is 0.355 e. The van der Waals surface area contributed by atoms with E-state index in [1.54, 1.807) is 0 Å². The van der Waals surface area contributed by atoms with Crippen LogP contribution in [-0.2, 0) is 4.79 Å². The molecule has 0 saturated carbocycles. The second-order valence-corrected chi connectivity index (χ2v) is 6.96. The number of nitrogens with zero attached hydrogens (tertiary/aromatic N) is 1. The van der Waals surface area contributed by atoms with Crippen LogP contribution in [0, 0.1) is 11.3 Å². The molecule has 1 amide bonds. The highest BCUT2D eigenvalue weighted by Crippen LogP contribution is 2.29. The van der Waals surface area contributed by atoms with Gasteiger partial charge in [0.2, 0.25) is 5.91 Å². The predicted molar refractivity (Wildman–Crippen MR) is 75.4 cm³/mol. The van der Waals surface area contributed by atoms with Crippen LogP contribution in [0.15, 0.2) is 0 Å². The van der Waals surface area contributed by atoms with Crippen molar-refractivity contribution in [3.8, 4) is 0 Å². The van der Waals surface area contributed by atoms with Crippen LogP contribution < -0.4 is 5.32 Å². The topological polar surface area (TPSA) is 32.3 Å². The van der Waals surface area contributed by atoms with Crippen molar-refractivity contribution in [2.24, 2.45) is 11.3 Å². The molecule has 0 spiro atoms. The molecule has 0 radical (unpaired) electrons. The third kappa shape index (κ3) is 4.59. The maximum Gasteiger partial charge on any atom is 0.234 e. The van der Waals surface area contributed by atoms with Gasteiger partial charge in [0.15, 0.2) is 0 Å². The van der Waals surface area contributed by atoms with Crippen molar-refractivity contribution < 1.29 is 4.79 Å². The smallest absolute Gasteiger partial charge is 0.234 e. The Hall–Kier alpha value is -0.0900. The van der Waals surface area contributed by atoms with E-state index >= 15 is 0 Å². The van der Waals surface area contributed by atoms with Crippen molar-refractivity contribution >= 4 is 21.8 Å². The summed E-state index contributed by atoms with van der Waals surface area (Å²) < 4.78 is 0. The maximum atomic E-state index is 11.9. The van der Waals surface area contributed by atoms with Crippen LogP contribution in [-0.4, -0.2) is 42.3 Å². The molecule has 1 unspecified atom stereocenters. The summed E-state index contributed by atoms with van der Waals surface area (Å²) in [6, 6.07) is 0. The first-order valence-electron chi connectivity index (χ1n) is 6.44. The lowest BCUT2D eigenvalue weighted by Gasteiger charge is -2.38. The number of likely N-dealkylation sites (tertiary alicyclic amines) is 1. The number of alkyl halides is 1. The Morgan fingerprint density at radius 1 is 1.41 bits per heavy atom. The first kappa shape index (κ1) is 15.0. The molecule has 1 N–H and O–H groups in total. The molecule has 0 bridgehead atoms. The zero-order valence-corrected chi connectivity index (χ0v) is 13.0. The Kier molecular flexibility index (Phi) is 5.45. The fourth-order valence-electron chi connectivity index (χ4n) is 2.04. The number of carbonyl (C=O) groups excluding carboxylic acids is 1. The minimum atomic E-state index is -0.0719. The molecular weight excluding hydrogens is 280 g/mol. The van der Waals surface area contributed by atoms with Gasteiger partial charge in [0.05, 0.1) is 4.83 Å². The van der Waals surface area contributed by atoms with Crippen LogP contribution in [0.4, 0.5) is 0 Å². The Labute approximate surface area is 113 Å². The van der Waals surface area contributed by atoms with Crippen molar-refractivity contribution in [2.75, 3.05) is 26.7 Å². The predicted octanol–water partition coefficient (Wildman–Crippen LogP) is 2.25. The van der Waals surface area contributed by atoms with Gasteiger partial charge in [-0.1, -0.05) is 36.7 Å². The molecule has 1 aliphatic rings. The van der Waals surface area contributed by atoms with E-state index in [1.165, 1.54) is 12.8 Å². The van der Waals surface area contributed by atoms with Gasteiger partial charge in [0, 0.05) is 6.54 Å². The first-order valence-corrected chi connectivity index (χ1v) is 7.36. The van der Waals surface area contributed by atoms with Crippen molar-refractivity contribution in [1.29, 1.82) is 0 Å². The highest BCUT2D eigenvalue weighted by molar-refractivity contribution is 9.10. The van der Waals surface area contributed by atoms with E-state index < -0.39 is 0 Å². The third-order valence-electron chi connectivity index (χ3n) is 3.72. The van der Waals surface area contributed by atoms with Crippen LogP contribution in [0.5, 0.6) is 0 Å². The quantitative estimate of drug-likeness (QED) is 0.808. The van der Waals surface area contributed by atoms with Gasteiger partial charge in [-0.3, -0.25) is 4.79 Å². The van der Waals surface area contributed by atoms with Gasteiger partial charge in [-0.25, -0.2) is 0 Å². The van der Waals surface area contributed by atoms with Gasteiger partial charge in [0.25, 0.3) is 0 Å². The van der Waals surface area contributed by atoms with Crippen LogP contribution >= 0.6 is 15.9 Å². The fraction of sp³-hybridized carbons (Fsp3) is 0.923. The molecule has 1 rings (SSSR count). The Morgan fingerprint density at radius 2 is 1.94 bits per heavy atom. The molecule has 0 aromatic heterocycles. The second-order valence-electron chi connectivity index (χ2n) is 5.98. The summed E-state index contributed by atoms with van der Waals surface area (Å²) in [5.41, 5.74) is 0.270. The van der Waals surface area contributed by atoms with Crippen molar-refractivity contribution in [3.63, 3.8) is 0 Å². The number of amides is 1. The Balaban J connectivity index is 2.37.